The highest BCUT2D eigenvalue weighted by molar-refractivity contribution is 6.03. The zero-order chi connectivity index (χ0) is 16.6. The van der Waals surface area contributed by atoms with Crippen LogP contribution in [0.25, 0.3) is 11.0 Å². The first-order chi connectivity index (χ1) is 11.0. The highest BCUT2D eigenvalue weighted by atomic mass is 16.5. The number of nitrogens with two attached hydrogens (primary N) is 1. The number of esters is 1. The van der Waals surface area contributed by atoms with Gasteiger partial charge in [-0.2, -0.15) is 4.98 Å². The first-order valence-corrected chi connectivity index (χ1v) is 7.00. The van der Waals surface area contributed by atoms with Gasteiger partial charge in [0.2, 0.25) is 5.95 Å². The topological polar surface area (TPSA) is 92.1 Å². The maximum absolute atomic E-state index is 12.8. The van der Waals surface area contributed by atoms with E-state index in [4.69, 9.17) is 10.5 Å². The monoisotopic (exact) mass is 312 g/mol. The van der Waals surface area contributed by atoms with Gasteiger partial charge in [-0.15, -0.1) is 0 Å². The molecule has 2 heterocycles. The molecule has 3 rings (SSSR count). The molecule has 0 saturated heterocycles. The lowest BCUT2D eigenvalue weighted by Crippen LogP contribution is -2.26. The van der Waals surface area contributed by atoms with Crippen molar-refractivity contribution in [3.63, 3.8) is 0 Å². The van der Waals surface area contributed by atoms with Crippen molar-refractivity contribution in [1.29, 1.82) is 0 Å². The lowest BCUT2D eigenvalue weighted by molar-refractivity contribution is 0.0602. The van der Waals surface area contributed by atoms with Crippen molar-refractivity contribution in [2.75, 3.05) is 12.8 Å². The fourth-order valence-corrected chi connectivity index (χ4v) is 2.55. The first-order valence-electron chi connectivity index (χ1n) is 7.00. The lowest BCUT2D eigenvalue weighted by Gasteiger charge is -2.10. The van der Waals surface area contributed by atoms with E-state index in [9.17, 15) is 9.59 Å². The largest absolute Gasteiger partial charge is 0.465 e. The van der Waals surface area contributed by atoms with Crippen molar-refractivity contribution in [2.24, 2.45) is 7.05 Å². The van der Waals surface area contributed by atoms with Gasteiger partial charge in [0.1, 0.15) is 5.65 Å². The van der Waals surface area contributed by atoms with Crippen LogP contribution in [0.15, 0.2) is 41.3 Å². The Bertz CT molecular complexity index is 941. The molecule has 0 saturated carbocycles. The molecule has 2 N–H and O–H groups in total. The van der Waals surface area contributed by atoms with E-state index in [1.807, 2.05) is 30.3 Å². The van der Waals surface area contributed by atoms with Gasteiger partial charge in [0.05, 0.1) is 24.6 Å². The number of nitrogens with zero attached hydrogens (tertiary/aromatic N) is 3. The fourth-order valence-electron chi connectivity index (χ4n) is 2.55. The molecule has 3 aromatic rings. The van der Waals surface area contributed by atoms with Crippen LogP contribution in [0.4, 0.5) is 5.95 Å². The van der Waals surface area contributed by atoms with Gasteiger partial charge in [-0.1, -0.05) is 30.3 Å². The molecule has 1 aromatic carbocycles. The van der Waals surface area contributed by atoms with Crippen molar-refractivity contribution in [1.82, 2.24) is 14.1 Å². The number of aromatic nitrogens is 3. The molecule has 0 fully saturated rings. The van der Waals surface area contributed by atoms with Gasteiger partial charge in [-0.3, -0.25) is 9.36 Å². The van der Waals surface area contributed by atoms with E-state index in [0.29, 0.717) is 5.65 Å². The van der Waals surface area contributed by atoms with Crippen LogP contribution in [0.5, 0.6) is 0 Å². The molecule has 0 aliphatic carbocycles. The number of methoxy groups -OCH3 is 1. The minimum Gasteiger partial charge on any atom is -0.465 e. The summed E-state index contributed by atoms with van der Waals surface area (Å²) in [4.78, 5) is 29.0. The molecule has 0 radical (unpaired) electrons. The highest BCUT2D eigenvalue weighted by Crippen LogP contribution is 2.18. The summed E-state index contributed by atoms with van der Waals surface area (Å²) in [6.07, 6.45) is 1.52. The zero-order valence-electron chi connectivity index (χ0n) is 12.8. The van der Waals surface area contributed by atoms with E-state index in [1.54, 1.807) is 11.6 Å². The van der Waals surface area contributed by atoms with Crippen LogP contribution in [0.2, 0.25) is 0 Å². The Kier molecular flexibility index (Phi) is 3.61. The van der Waals surface area contributed by atoms with E-state index in [2.05, 4.69) is 4.98 Å². The Morgan fingerprint density at radius 2 is 2.00 bits per heavy atom. The first kappa shape index (κ1) is 14.8. The number of fused-ring (bicyclic) bond motifs is 1. The number of nitrogen functional groups attached to an aromatic ring is 1. The Labute approximate surface area is 131 Å². The van der Waals surface area contributed by atoms with E-state index in [1.165, 1.54) is 17.9 Å². The van der Waals surface area contributed by atoms with Gasteiger partial charge in [-0.05, 0) is 5.56 Å². The molecule has 0 aliphatic heterocycles. The normalized spacial score (nSPS) is 10.9. The molecule has 0 aliphatic rings. The molecule has 0 unspecified atom stereocenters. The predicted molar refractivity (Wildman–Crippen MR) is 86.3 cm³/mol. The second-order valence-corrected chi connectivity index (χ2v) is 5.19. The smallest absolute Gasteiger partial charge is 0.340 e. The Morgan fingerprint density at radius 3 is 2.65 bits per heavy atom. The number of rotatable bonds is 3. The van der Waals surface area contributed by atoms with E-state index in [0.717, 1.165) is 5.56 Å². The van der Waals surface area contributed by atoms with Gasteiger partial charge >= 0.3 is 5.97 Å². The standard InChI is InChI=1S/C16H16N4O3/c1-19-9-11(15(22)23-2)12-13(19)18-16(17)20(14(12)21)8-10-6-4-3-5-7-10/h3-7,9H,8H2,1-2H3,(H2,17,18). The second-order valence-electron chi connectivity index (χ2n) is 5.19. The summed E-state index contributed by atoms with van der Waals surface area (Å²) < 4.78 is 7.68. The molecule has 118 valence electrons. The van der Waals surface area contributed by atoms with Crippen LogP contribution < -0.4 is 11.3 Å². The van der Waals surface area contributed by atoms with E-state index >= 15 is 0 Å². The Hall–Kier alpha value is -3.09. The van der Waals surface area contributed by atoms with Crippen LogP contribution in [-0.4, -0.2) is 27.2 Å². The quantitative estimate of drug-likeness (QED) is 0.732. The Balaban J connectivity index is 2.24. The predicted octanol–water partition coefficient (Wildman–Crippen LogP) is 1.15. The van der Waals surface area contributed by atoms with E-state index < -0.39 is 5.97 Å². The second kappa shape index (κ2) is 5.60. The summed E-state index contributed by atoms with van der Waals surface area (Å²) in [5.74, 6) is -0.477. The summed E-state index contributed by atoms with van der Waals surface area (Å²) in [6.45, 7) is 0.282. The average Bonchev–Trinajstić information content (AvgIpc) is 2.88. The van der Waals surface area contributed by atoms with Crippen molar-refractivity contribution >= 4 is 23.0 Å². The molecule has 0 spiro atoms. The fraction of sp³-hybridized carbons (Fsp3) is 0.188. The van der Waals surface area contributed by atoms with E-state index in [-0.39, 0.29) is 29.0 Å². The summed E-state index contributed by atoms with van der Waals surface area (Å²) >= 11 is 0. The Morgan fingerprint density at radius 1 is 1.30 bits per heavy atom. The minimum absolute atomic E-state index is 0.101. The third kappa shape index (κ3) is 2.46. The lowest BCUT2D eigenvalue weighted by atomic mass is 10.2. The molecular weight excluding hydrogens is 296 g/mol. The van der Waals surface area contributed by atoms with Gasteiger partial charge in [-0.25, -0.2) is 4.79 Å². The molecule has 0 amide bonds. The third-order valence-corrected chi connectivity index (χ3v) is 3.69. The number of carbonyl (C=O) groups is 1. The molecule has 23 heavy (non-hydrogen) atoms. The zero-order valence-corrected chi connectivity index (χ0v) is 12.8. The van der Waals surface area contributed by atoms with Crippen LogP contribution >= 0.6 is 0 Å². The SMILES string of the molecule is COC(=O)c1cn(C)c2nc(N)n(Cc3ccccc3)c(=O)c12. The van der Waals surface area contributed by atoms with Crippen LogP contribution in [-0.2, 0) is 18.3 Å². The maximum atomic E-state index is 12.8. The number of hydrogen-bond donors (Lipinski definition) is 1. The molecule has 7 nitrogen and oxygen atoms in total. The number of aryl methyl sites for hydroxylation is 1. The molecule has 0 bridgehead atoms. The molecule has 0 atom stereocenters. The average molecular weight is 312 g/mol. The molecular formula is C16H16N4O3. The van der Waals surface area contributed by atoms with Gasteiger partial charge in [0, 0.05) is 13.2 Å². The van der Waals surface area contributed by atoms with Gasteiger partial charge in [0.25, 0.3) is 5.56 Å². The number of benzene rings is 1. The number of ether oxygens (including phenoxy) is 1. The van der Waals surface area contributed by atoms with Gasteiger partial charge < -0.3 is 15.0 Å². The van der Waals surface area contributed by atoms with Crippen molar-refractivity contribution in [3.05, 3.63) is 58.0 Å². The summed E-state index contributed by atoms with van der Waals surface area (Å²) in [7, 11) is 2.97. The maximum Gasteiger partial charge on any atom is 0.340 e. The van der Waals surface area contributed by atoms with Crippen LogP contribution in [0.3, 0.4) is 0 Å². The van der Waals surface area contributed by atoms with Crippen molar-refractivity contribution < 1.29 is 9.53 Å². The van der Waals surface area contributed by atoms with Crippen molar-refractivity contribution in [3.8, 4) is 0 Å². The molecule has 2 aromatic heterocycles. The van der Waals surface area contributed by atoms with Crippen molar-refractivity contribution in [2.45, 2.75) is 6.54 Å². The van der Waals surface area contributed by atoms with Crippen LogP contribution in [0.1, 0.15) is 15.9 Å². The van der Waals surface area contributed by atoms with Crippen LogP contribution in [0, 0.1) is 0 Å². The summed E-state index contributed by atoms with van der Waals surface area (Å²) in [6, 6.07) is 9.43. The number of carbonyl (C=O) groups excluding carboxylic acids is 1. The number of anilines is 1. The third-order valence-electron chi connectivity index (χ3n) is 3.69. The highest BCUT2D eigenvalue weighted by Gasteiger charge is 2.21. The summed E-state index contributed by atoms with van der Waals surface area (Å²) in [5, 5.41) is 0.212. The summed E-state index contributed by atoms with van der Waals surface area (Å²) in [5.41, 5.74) is 7.04. The molecule has 7 heteroatoms. The minimum atomic E-state index is -0.578. The van der Waals surface area contributed by atoms with Gasteiger partial charge in [0.15, 0.2) is 0 Å². The number of hydrogen-bond acceptors (Lipinski definition) is 5.